The van der Waals surface area contributed by atoms with E-state index in [1.54, 1.807) is 0 Å². The molecule has 0 aromatic heterocycles. The van der Waals surface area contributed by atoms with Crippen LogP contribution < -0.4 is 5.32 Å². The quantitative estimate of drug-likeness (QED) is 0.390. The largest absolute Gasteiger partial charge is 0.446 e. The van der Waals surface area contributed by atoms with E-state index < -0.39 is 29.3 Å². The van der Waals surface area contributed by atoms with Gasteiger partial charge in [-0.05, 0) is 37.7 Å². The zero-order valence-electron chi connectivity index (χ0n) is 16.0. The number of epoxide rings is 1. The maximum Gasteiger partial charge on any atom is 0.414 e. The second-order valence-electron chi connectivity index (χ2n) is 7.81. The van der Waals surface area contributed by atoms with Gasteiger partial charge in [0.05, 0.1) is 12.2 Å². The third-order valence-corrected chi connectivity index (χ3v) is 6.05. The summed E-state index contributed by atoms with van der Waals surface area (Å²) in [6, 6.07) is 10.4. The molecule has 1 saturated carbocycles. The monoisotopic (exact) mass is 409 g/mol. The summed E-state index contributed by atoms with van der Waals surface area (Å²) in [5, 5.41) is 13.3. The number of imide groups is 1. The Balaban J connectivity index is 1.45. The molecule has 3 rings (SSSR count). The Kier molecular flexibility index (Phi) is 6.96. The van der Waals surface area contributed by atoms with Crippen LogP contribution in [0.3, 0.4) is 0 Å². The van der Waals surface area contributed by atoms with E-state index in [1.807, 2.05) is 18.2 Å². The van der Waals surface area contributed by atoms with Crippen molar-refractivity contribution < 1.29 is 24.2 Å². The lowest BCUT2D eigenvalue weighted by atomic mass is 9.71. The van der Waals surface area contributed by atoms with Crippen LogP contribution >= 0.6 is 11.6 Å². The zero-order valence-corrected chi connectivity index (χ0v) is 16.7. The average molecular weight is 410 g/mol. The molecule has 3 atom stereocenters. The molecular formula is C21H28ClNO5. The summed E-state index contributed by atoms with van der Waals surface area (Å²) >= 11 is 5.38. The Hall–Kier alpha value is -1.63. The SMILES string of the molecule is O=C(CCl)NC(=O)O[C@H]1CC[C@]2(CO2)[C@@](O)(CCCCCc2ccccc2)C1. The summed E-state index contributed by atoms with van der Waals surface area (Å²) in [7, 11) is 0. The number of amides is 2. The Morgan fingerprint density at radius 3 is 2.68 bits per heavy atom. The van der Waals surface area contributed by atoms with Crippen LogP contribution in [0.5, 0.6) is 0 Å². The number of alkyl halides is 1. The highest BCUT2D eigenvalue weighted by Crippen LogP contribution is 2.51. The van der Waals surface area contributed by atoms with Crippen molar-refractivity contribution in [3.63, 3.8) is 0 Å². The highest BCUT2D eigenvalue weighted by atomic mass is 35.5. The van der Waals surface area contributed by atoms with Crippen molar-refractivity contribution in [1.29, 1.82) is 0 Å². The summed E-state index contributed by atoms with van der Waals surface area (Å²) in [6.45, 7) is 0.553. The molecule has 1 spiro atoms. The normalized spacial score (nSPS) is 28.7. The van der Waals surface area contributed by atoms with Crippen molar-refractivity contribution in [2.75, 3.05) is 12.5 Å². The summed E-state index contributed by atoms with van der Waals surface area (Å²) in [4.78, 5) is 23.0. The molecule has 1 aliphatic heterocycles. The number of unbranched alkanes of at least 4 members (excludes halogenated alkanes) is 2. The van der Waals surface area contributed by atoms with E-state index in [9.17, 15) is 14.7 Å². The van der Waals surface area contributed by atoms with Gasteiger partial charge in [-0.25, -0.2) is 4.79 Å². The lowest BCUT2D eigenvalue weighted by Crippen LogP contribution is -2.53. The van der Waals surface area contributed by atoms with Gasteiger partial charge in [0.15, 0.2) is 0 Å². The number of carbonyl (C=O) groups is 2. The molecule has 1 saturated heterocycles. The van der Waals surface area contributed by atoms with E-state index in [4.69, 9.17) is 21.1 Å². The molecule has 154 valence electrons. The summed E-state index contributed by atoms with van der Waals surface area (Å²) < 4.78 is 11.0. The number of rotatable bonds is 8. The number of carbonyl (C=O) groups excluding carboxylic acids is 2. The standard InChI is InChI=1S/C21H28ClNO5/c22-14-18(24)23-19(25)28-17-10-12-21(15-27-21)20(26,13-17)11-6-2-5-9-16-7-3-1-4-8-16/h1,3-4,7-8,17,26H,2,5-6,9-15H2,(H,23,24,25)/t17-,20+,21-/m0/s1. The highest BCUT2D eigenvalue weighted by Gasteiger charge is 2.63. The second-order valence-corrected chi connectivity index (χ2v) is 8.08. The summed E-state index contributed by atoms with van der Waals surface area (Å²) in [5.41, 5.74) is -0.166. The number of ether oxygens (including phenoxy) is 2. The fourth-order valence-corrected chi connectivity index (χ4v) is 4.19. The lowest BCUT2D eigenvalue weighted by molar-refractivity contribution is -0.119. The molecule has 1 aromatic carbocycles. The van der Waals surface area contributed by atoms with E-state index in [0.29, 0.717) is 32.3 Å². The van der Waals surface area contributed by atoms with E-state index in [1.165, 1.54) is 5.56 Å². The third kappa shape index (κ3) is 5.25. The van der Waals surface area contributed by atoms with E-state index >= 15 is 0 Å². The van der Waals surface area contributed by atoms with Gasteiger partial charge in [0.25, 0.3) is 0 Å². The maximum atomic E-state index is 11.8. The predicted molar refractivity (Wildman–Crippen MR) is 105 cm³/mol. The number of hydrogen-bond acceptors (Lipinski definition) is 5. The van der Waals surface area contributed by atoms with Crippen LogP contribution in [0, 0.1) is 0 Å². The predicted octanol–water partition coefficient (Wildman–Crippen LogP) is 3.33. The molecule has 0 radical (unpaired) electrons. The van der Waals surface area contributed by atoms with Gasteiger partial charge in [0.2, 0.25) is 5.91 Å². The molecule has 2 fully saturated rings. The molecule has 0 unspecified atom stereocenters. The van der Waals surface area contributed by atoms with Crippen molar-refractivity contribution in [3.8, 4) is 0 Å². The van der Waals surface area contributed by atoms with Crippen molar-refractivity contribution in [1.82, 2.24) is 5.32 Å². The minimum atomic E-state index is -1.00. The topological polar surface area (TPSA) is 88.2 Å². The van der Waals surface area contributed by atoms with Crippen LogP contribution in [0.2, 0.25) is 0 Å². The van der Waals surface area contributed by atoms with Crippen LogP contribution in [-0.4, -0.2) is 46.9 Å². The number of aliphatic hydroxyl groups is 1. The van der Waals surface area contributed by atoms with Gasteiger partial charge in [-0.2, -0.15) is 0 Å². The number of alkyl carbamates (subject to hydrolysis) is 1. The minimum absolute atomic E-state index is 0.302. The summed E-state index contributed by atoms with van der Waals surface area (Å²) in [6.07, 6.45) is 4.95. The van der Waals surface area contributed by atoms with Gasteiger partial charge in [-0.3, -0.25) is 10.1 Å². The van der Waals surface area contributed by atoms with E-state index in [0.717, 1.165) is 25.7 Å². The second kappa shape index (κ2) is 9.25. The van der Waals surface area contributed by atoms with E-state index in [2.05, 4.69) is 17.4 Å². The Bertz CT molecular complexity index is 679. The molecule has 6 nitrogen and oxygen atoms in total. The molecule has 7 heteroatoms. The molecular weight excluding hydrogens is 382 g/mol. The first-order valence-electron chi connectivity index (χ1n) is 9.93. The Labute approximate surface area is 170 Å². The molecule has 1 heterocycles. The molecule has 1 aromatic rings. The van der Waals surface area contributed by atoms with Crippen LogP contribution in [-0.2, 0) is 20.7 Å². The average Bonchev–Trinajstić information content (AvgIpc) is 3.47. The first-order chi connectivity index (χ1) is 13.5. The Morgan fingerprint density at radius 2 is 2.00 bits per heavy atom. The van der Waals surface area contributed by atoms with Crippen LogP contribution in [0.25, 0.3) is 0 Å². The van der Waals surface area contributed by atoms with Gasteiger partial charge < -0.3 is 14.6 Å². The van der Waals surface area contributed by atoms with Crippen molar-refractivity contribution >= 4 is 23.6 Å². The fraction of sp³-hybridized carbons (Fsp3) is 0.619. The Morgan fingerprint density at radius 1 is 1.25 bits per heavy atom. The third-order valence-electron chi connectivity index (χ3n) is 5.81. The van der Waals surface area contributed by atoms with Crippen molar-refractivity contribution in [2.24, 2.45) is 0 Å². The molecule has 0 bridgehead atoms. The van der Waals surface area contributed by atoms with E-state index in [-0.39, 0.29) is 5.88 Å². The van der Waals surface area contributed by atoms with Gasteiger partial charge in [0.1, 0.15) is 17.6 Å². The van der Waals surface area contributed by atoms with Crippen LogP contribution in [0.1, 0.15) is 50.5 Å². The van der Waals surface area contributed by atoms with Gasteiger partial charge in [0, 0.05) is 6.42 Å². The number of halogens is 1. The van der Waals surface area contributed by atoms with Crippen LogP contribution in [0.4, 0.5) is 4.79 Å². The van der Waals surface area contributed by atoms with Gasteiger partial charge in [-0.1, -0.05) is 43.2 Å². The minimum Gasteiger partial charge on any atom is -0.446 e. The number of hydrogen-bond donors (Lipinski definition) is 2. The van der Waals surface area contributed by atoms with Crippen molar-refractivity contribution in [2.45, 2.75) is 68.7 Å². The smallest absolute Gasteiger partial charge is 0.414 e. The first-order valence-corrected chi connectivity index (χ1v) is 10.5. The number of aryl methyl sites for hydroxylation is 1. The zero-order chi connectivity index (χ0) is 20.0. The maximum absolute atomic E-state index is 11.8. The fourth-order valence-electron chi connectivity index (χ4n) is 4.12. The molecule has 28 heavy (non-hydrogen) atoms. The number of benzene rings is 1. The molecule has 1 aliphatic carbocycles. The molecule has 2 N–H and O–H groups in total. The van der Waals surface area contributed by atoms with Crippen molar-refractivity contribution in [3.05, 3.63) is 35.9 Å². The molecule has 2 aliphatic rings. The van der Waals surface area contributed by atoms with Gasteiger partial charge in [-0.15, -0.1) is 11.6 Å². The van der Waals surface area contributed by atoms with Gasteiger partial charge >= 0.3 is 6.09 Å². The lowest BCUT2D eigenvalue weighted by Gasteiger charge is -2.41. The highest BCUT2D eigenvalue weighted by molar-refractivity contribution is 6.28. The number of nitrogens with one attached hydrogen (secondary N) is 1. The summed E-state index contributed by atoms with van der Waals surface area (Å²) in [5.74, 6) is -0.901. The van der Waals surface area contributed by atoms with Crippen LogP contribution in [0.15, 0.2) is 30.3 Å². The molecule has 2 amide bonds. The first kappa shape index (κ1) is 21.1.